The average Bonchev–Trinajstić information content (AvgIpc) is 2.47. The number of aliphatic hydroxyl groups excluding tert-OH is 1. The van der Waals surface area contributed by atoms with Gasteiger partial charge in [0.2, 0.25) is 0 Å². The van der Waals surface area contributed by atoms with E-state index >= 15 is 0 Å². The zero-order chi connectivity index (χ0) is 14.6. The number of halogens is 1. The summed E-state index contributed by atoms with van der Waals surface area (Å²) < 4.78 is 21.9. The molecule has 0 aliphatic carbocycles. The van der Waals surface area contributed by atoms with Gasteiger partial charge >= 0.3 is 0 Å². The molecule has 1 aromatic carbocycles. The fourth-order valence-corrected chi connectivity index (χ4v) is 1.79. The molecule has 0 saturated carbocycles. The van der Waals surface area contributed by atoms with Crippen molar-refractivity contribution in [1.29, 1.82) is 0 Å². The fourth-order valence-electron chi connectivity index (χ4n) is 1.43. The summed E-state index contributed by atoms with van der Waals surface area (Å²) in [6, 6.07) is 5.49. The van der Waals surface area contributed by atoms with Crippen LogP contribution in [0.2, 0.25) is 0 Å². The van der Waals surface area contributed by atoms with Gasteiger partial charge in [-0.2, -0.15) is 0 Å². The van der Waals surface area contributed by atoms with Crippen molar-refractivity contribution in [3.05, 3.63) is 28.2 Å². The highest BCUT2D eigenvalue weighted by Gasteiger charge is 2.02. The van der Waals surface area contributed by atoms with E-state index in [4.69, 9.17) is 24.1 Å². The van der Waals surface area contributed by atoms with E-state index in [1.165, 1.54) is 0 Å². The first-order valence-electron chi connectivity index (χ1n) is 6.44. The standard InChI is InChI=1S/C14H21BrO5/c1-17-4-5-18-6-7-19-8-9-20-14-10-12(11-16)2-3-13(14)15/h2-3,10,16H,4-9,11H2,1H3. The Hall–Kier alpha value is -0.660. The van der Waals surface area contributed by atoms with E-state index in [1.54, 1.807) is 13.2 Å². The molecule has 0 unspecified atom stereocenters. The molecule has 0 saturated heterocycles. The quantitative estimate of drug-likeness (QED) is 0.620. The Labute approximate surface area is 127 Å². The maximum atomic E-state index is 9.06. The van der Waals surface area contributed by atoms with Crippen molar-refractivity contribution in [3.63, 3.8) is 0 Å². The average molecular weight is 349 g/mol. The molecule has 6 heteroatoms. The summed E-state index contributed by atoms with van der Waals surface area (Å²) in [5.74, 6) is 0.705. The lowest BCUT2D eigenvalue weighted by Gasteiger charge is -2.10. The van der Waals surface area contributed by atoms with Crippen LogP contribution in [0.5, 0.6) is 5.75 Å². The van der Waals surface area contributed by atoms with E-state index in [1.807, 2.05) is 12.1 Å². The number of benzene rings is 1. The van der Waals surface area contributed by atoms with Gasteiger partial charge in [0.25, 0.3) is 0 Å². The first-order chi connectivity index (χ1) is 9.77. The van der Waals surface area contributed by atoms with E-state index in [-0.39, 0.29) is 6.61 Å². The number of hydrogen-bond donors (Lipinski definition) is 1. The van der Waals surface area contributed by atoms with Crippen molar-refractivity contribution in [1.82, 2.24) is 0 Å². The van der Waals surface area contributed by atoms with Crippen LogP contribution in [0, 0.1) is 0 Å². The highest BCUT2D eigenvalue weighted by molar-refractivity contribution is 9.10. The molecule has 0 atom stereocenters. The van der Waals surface area contributed by atoms with Gasteiger partial charge in [0.1, 0.15) is 12.4 Å². The normalized spacial score (nSPS) is 10.8. The molecule has 20 heavy (non-hydrogen) atoms. The van der Waals surface area contributed by atoms with Crippen molar-refractivity contribution < 1.29 is 24.1 Å². The minimum atomic E-state index is -0.00104. The Morgan fingerprint density at radius 3 is 2.30 bits per heavy atom. The number of methoxy groups -OCH3 is 1. The van der Waals surface area contributed by atoms with Crippen LogP contribution in [-0.4, -0.2) is 51.9 Å². The molecule has 1 aromatic rings. The summed E-state index contributed by atoms with van der Waals surface area (Å²) in [6.45, 7) is 3.20. The Morgan fingerprint density at radius 1 is 1.00 bits per heavy atom. The second kappa shape index (κ2) is 11.0. The number of hydrogen-bond acceptors (Lipinski definition) is 5. The lowest BCUT2D eigenvalue weighted by atomic mass is 10.2. The Kier molecular flexibility index (Phi) is 9.61. The van der Waals surface area contributed by atoms with Crippen molar-refractivity contribution in [3.8, 4) is 5.75 Å². The Balaban J connectivity index is 2.09. The van der Waals surface area contributed by atoms with Gasteiger partial charge in [0, 0.05) is 7.11 Å². The van der Waals surface area contributed by atoms with Crippen molar-refractivity contribution in [2.75, 3.05) is 46.8 Å². The summed E-state index contributed by atoms with van der Waals surface area (Å²) in [4.78, 5) is 0. The van der Waals surface area contributed by atoms with Gasteiger partial charge in [-0.3, -0.25) is 0 Å². The maximum absolute atomic E-state index is 9.06. The topological polar surface area (TPSA) is 57.2 Å². The van der Waals surface area contributed by atoms with Gasteiger partial charge in [-0.25, -0.2) is 0 Å². The summed E-state index contributed by atoms with van der Waals surface area (Å²) in [5.41, 5.74) is 0.815. The molecule has 0 radical (unpaired) electrons. The summed E-state index contributed by atoms with van der Waals surface area (Å²) in [6.07, 6.45) is 0. The zero-order valence-corrected chi connectivity index (χ0v) is 13.2. The lowest BCUT2D eigenvalue weighted by Crippen LogP contribution is -2.12. The summed E-state index contributed by atoms with van der Waals surface area (Å²) in [5, 5.41) is 9.06. The smallest absolute Gasteiger partial charge is 0.133 e. The van der Waals surface area contributed by atoms with Crippen LogP contribution >= 0.6 is 15.9 Å². The summed E-state index contributed by atoms with van der Waals surface area (Å²) >= 11 is 3.40. The van der Waals surface area contributed by atoms with Crippen LogP contribution < -0.4 is 4.74 Å². The molecule has 0 aliphatic heterocycles. The highest BCUT2D eigenvalue weighted by atomic mass is 79.9. The molecular formula is C14H21BrO5. The monoisotopic (exact) mass is 348 g/mol. The first kappa shape index (κ1) is 17.4. The van der Waals surface area contributed by atoms with Crippen molar-refractivity contribution in [2.45, 2.75) is 6.61 Å². The van der Waals surface area contributed by atoms with E-state index < -0.39 is 0 Å². The molecule has 1 N–H and O–H groups in total. The van der Waals surface area contributed by atoms with Crippen molar-refractivity contribution in [2.24, 2.45) is 0 Å². The van der Waals surface area contributed by atoms with Crippen LogP contribution in [0.25, 0.3) is 0 Å². The minimum Gasteiger partial charge on any atom is -0.490 e. The van der Waals surface area contributed by atoms with E-state index in [2.05, 4.69) is 15.9 Å². The molecule has 1 rings (SSSR count). The van der Waals surface area contributed by atoms with E-state index in [0.29, 0.717) is 45.4 Å². The number of aliphatic hydroxyl groups is 1. The van der Waals surface area contributed by atoms with Gasteiger partial charge in [0.15, 0.2) is 0 Å². The molecule has 0 spiro atoms. The maximum Gasteiger partial charge on any atom is 0.133 e. The molecule has 0 amide bonds. The molecule has 0 bridgehead atoms. The van der Waals surface area contributed by atoms with Gasteiger partial charge in [-0.1, -0.05) is 6.07 Å². The molecule has 114 valence electrons. The third-order valence-corrected chi connectivity index (χ3v) is 3.12. The van der Waals surface area contributed by atoms with Crippen LogP contribution in [0.15, 0.2) is 22.7 Å². The molecule has 5 nitrogen and oxygen atoms in total. The number of rotatable bonds is 11. The molecule has 0 fully saturated rings. The van der Waals surface area contributed by atoms with Crippen molar-refractivity contribution >= 4 is 15.9 Å². The molecule has 0 aromatic heterocycles. The highest BCUT2D eigenvalue weighted by Crippen LogP contribution is 2.25. The van der Waals surface area contributed by atoms with Crippen LogP contribution in [0.1, 0.15) is 5.56 Å². The molecule has 0 heterocycles. The second-order valence-corrected chi connectivity index (χ2v) is 4.84. The fraction of sp³-hybridized carbons (Fsp3) is 0.571. The van der Waals surface area contributed by atoms with Gasteiger partial charge < -0.3 is 24.1 Å². The van der Waals surface area contributed by atoms with Gasteiger partial charge in [-0.15, -0.1) is 0 Å². The zero-order valence-electron chi connectivity index (χ0n) is 11.6. The first-order valence-corrected chi connectivity index (χ1v) is 7.23. The third kappa shape index (κ3) is 7.21. The molecular weight excluding hydrogens is 328 g/mol. The summed E-state index contributed by atoms with van der Waals surface area (Å²) in [7, 11) is 1.64. The van der Waals surface area contributed by atoms with Gasteiger partial charge in [-0.05, 0) is 33.6 Å². The van der Waals surface area contributed by atoms with Crippen LogP contribution in [0.4, 0.5) is 0 Å². The predicted molar refractivity (Wildman–Crippen MR) is 79.1 cm³/mol. The van der Waals surface area contributed by atoms with Gasteiger partial charge in [0.05, 0.1) is 44.1 Å². The largest absolute Gasteiger partial charge is 0.490 e. The minimum absolute atomic E-state index is 0.00104. The van der Waals surface area contributed by atoms with Crippen LogP contribution in [-0.2, 0) is 20.8 Å². The van der Waals surface area contributed by atoms with E-state index in [9.17, 15) is 0 Å². The Morgan fingerprint density at radius 2 is 1.65 bits per heavy atom. The van der Waals surface area contributed by atoms with Crippen LogP contribution in [0.3, 0.4) is 0 Å². The second-order valence-electron chi connectivity index (χ2n) is 3.99. The molecule has 0 aliphatic rings. The SMILES string of the molecule is COCCOCCOCCOc1cc(CO)ccc1Br. The lowest BCUT2D eigenvalue weighted by molar-refractivity contribution is 0.0179. The Bertz CT molecular complexity index is 373. The third-order valence-electron chi connectivity index (χ3n) is 2.47. The predicted octanol–water partition coefficient (Wildman–Crippen LogP) is 2.00. The van der Waals surface area contributed by atoms with E-state index in [0.717, 1.165) is 10.0 Å². The number of ether oxygens (including phenoxy) is 4.